The third-order valence-electron chi connectivity index (χ3n) is 11.4. The molecule has 1 spiro atoms. The minimum absolute atomic E-state index is 0.0952. The number of aromatic nitrogens is 1. The van der Waals surface area contributed by atoms with Crippen molar-refractivity contribution in [2.24, 2.45) is 5.41 Å². The molecular weight excluding hydrogens is 707 g/mol. The van der Waals surface area contributed by atoms with Gasteiger partial charge < -0.3 is 29.5 Å². The summed E-state index contributed by atoms with van der Waals surface area (Å²) in [6, 6.07) is 20.6. The first-order valence-corrected chi connectivity index (χ1v) is 19.8. The first kappa shape index (κ1) is 36.2. The van der Waals surface area contributed by atoms with E-state index in [0.717, 1.165) is 79.6 Å². The van der Waals surface area contributed by atoms with E-state index in [1.807, 2.05) is 24.3 Å². The molecule has 4 aliphatic rings. The summed E-state index contributed by atoms with van der Waals surface area (Å²) in [6.07, 6.45) is 12.3. The molecule has 2 saturated carbocycles. The van der Waals surface area contributed by atoms with Crippen molar-refractivity contribution >= 4 is 23.2 Å². The summed E-state index contributed by atoms with van der Waals surface area (Å²) in [4.78, 5) is 6.65. The van der Waals surface area contributed by atoms with Crippen molar-refractivity contribution < 1.29 is 19.3 Å². The van der Waals surface area contributed by atoms with Crippen LogP contribution in [-0.4, -0.2) is 53.4 Å². The van der Waals surface area contributed by atoms with Crippen LogP contribution in [0.4, 0.5) is 0 Å². The quantitative estimate of drug-likeness (QED) is 0.123. The molecule has 8 rings (SSSR count). The average Bonchev–Trinajstić information content (AvgIpc) is 3.82. The Morgan fingerprint density at radius 2 is 1.75 bits per heavy atom. The average molecular weight is 754 g/mol. The van der Waals surface area contributed by atoms with Gasteiger partial charge in [0.15, 0.2) is 0 Å². The molecule has 1 aliphatic heterocycles. The van der Waals surface area contributed by atoms with Gasteiger partial charge in [-0.1, -0.05) is 66.4 Å². The summed E-state index contributed by atoms with van der Waals surface area (Å²) in [5, 5.41) is 23.9. The van der Waals surface area contributed by atoms with Crippen molar-refractivity contribution in [3.05, 3.63) is 105 Å². The Balaban J connectivity index is 0.954. The van der Waals surface area contributed by atoms with Gasteiger partial charge in [-0.05, 0) is 79.8 Å². The van der Waals surface area contributed by atoms with E-state index in [4.69, 9.17) is 37.4 Å². The number of nitrogens with zero attached hydrogens (tertiary/aromatic N) is 3. The summed E-state index contributed by atoms with van der Waals surface area (Å²) in [5.41, 5.74) is 7.05. The Hall–Kier alpha value is -3.84. The molecule has 0 amide bonds. The number of nitrogens with one attached hydrogen (secondary N) is 1. The zero-order valence-electron chi connectivity index (χ0n) is 30.0. The van der Waals surface area contributed by atoms with Crippen molar-refractivity contribution in [2.45, 2.75) is 89.2 Å². The summed E-state index contributed by atoms with van der Waals surface area (Å²) >= 11 is 14.0. The van der Waals surface area contributed by atoms with Crippen molar-refractivity contribution in [3.8, 4) is 34.4 Å². The number of hydrogen-bond acceptors (Lipinski definition) is 8. The number of nitriles is 1. The predicted molar refractivity (Wildman–Crippen MR) is 207 cm³/mol. The molecule has 0 bridgehead atoms. The highest BCUT2D eigenvalue weighted by Gasteiger charge is 2.51. The molecular formula is C43H46Cl2N4O4. The molecule has 1 atom stereocenters. The zero-order valence-corrected chi connectivity index (χ0v) is 31.5. The van der Waals surface area contributed by atoms with Crippen LogP contribution >= 0.6 is 23.2 Å². The lowest BCUT2D eigenvalue weighted by molar-refractivity contribution is -0.128. The number of halogens is 2. The maximum absolute atomic E-state index is 9.68. The van der Waals surface area contributed by atoms with Gasteiger partial charge in [-0.3, -0.25) is 4.98 Å². The second-order valence-corrected chi connectivity index (χ2v) is 16.1. The maximum atomic E-state index is 9.68. The Morgan fingerprint density at radius 1 is 0.943 bits per heavy atom. The normalized spacial score (nSPS) is 19.4. The van der Waals surface area contributed by atoms with Crippen LogP contribution in [0.15, 0.2) is 67.0 Å². The first-order valence-electron chi connectivity index (χ1n) is 19.0. The molecule has 3 fully saturated rings. The van der Waals surface area contributed by atoms with E-state index in [-0.39, 0.29) is 18.8 Å². The number of fused-ring (bicyclic) bond motifs is 1. The fraction of sp³-hybridized carbons (Fsp3) is 0.442. The largest absolute Gasteiger partial charge is 0.492 e. The molecule has 0 radical (unpaired) electrons. The van der Waals surface area contributed by atoms with Gasteiger partial charge in [0.25, 0.3) is 0 Å². The summed E-state index contributed by atoms with van der Waals surface area (Å²) in [6.45, 7) is 4.68. The van der Waals surface area contributed by atoms with E-state index in [9.17, 15) is 10.4 Å². The highest BCUT2D eigenvalue weighted by Crippen LogP contribution is 2.48. The fourth-order valence-corrected chi connectivity index (χ4v) is 9.33. The highest BCUT2D eigenvalue weighted by atomic mass is 35.5. The number of likely N-dealkylation sites (tertiary alicyclic amines) is 1. The first-order chi connectivity index (χ1) is 25.9. The standard InChI is InChI=1S/C43H46Cl2N4O4/c44-37-17-30(24-48-31-6-1-2-7-31)40(52-25-29-16-28(21-46)22-47-23-29)18-41(37)53-38-13-12-34-33(8-3-9-35(34)38)36-10-4-11-39(42(36)45)51-15-5-14-49-26-43(27-49)19-32(50)20-43/h3-4,8-11,16-18,22-23,31-32,38,48,50H,1-2,5-7,12-15,19-20,24-27H2/t38-/m0/s1. The number of hydrogen-bond donors (Lipinski definition) is 2. The number of benzene rings is 3. The Morgan fingerprint density at radius 3 is 2.57 bits per heavy atom. The third-order valence-corrected chi connectivity index (χ3v) is 12.1. The zero-order chi connectivity index (χ0) is 36.4. The molecule has 2 heterocycles. The second-order valence-electron chi connectivity index (χ2n) is 15.3. The molecule has 4 aromatic rings. The molecule has 10 heteroatoms. The Bertz CT molecular complexity index is 1980. The van der Waals surface area contributed by atoms with Gasteiger partial charge in [-0.25, -0.2) is 0 Å². The lowest BCUT2D eigenvalue weighted by Gasteiger charge is -2.58. The van der Waals surface area contributed by atoms with Crippen LogP contribution in [-0.2, 0) is 19.6 Å². The van der Waals surface area contributed by atoms with Crippen LogP contribution < -0.4 is 19.5 Å². The Kier molecular flexibility index (Phi) is 10.8. The van der Waals surface area contributed by atoms with Gasteiger partial charge in [-0.15, -0.1) is 0 Å². The summed E-state index contributed by atoms with van der Waals surface area (Å²) in [5.74, 6) is 1.97. The second kappa shape index (κ2) is 15.9. The molecule has 2 N–H and O–H groups in total. The number of pyridine rings is 1. The van der Waals surface area contributed by atoms with Crippen molar-refractivity contribution in [1.29, 1.82) is 5.26 Å². The van der Waals surface area contributed by atoms with Crippen LogP contribution in [0.3, 0.4) is 0 Å². The van der Waals surface area contributed by atoms with E-state index in [0.29, 0.717) is 57.5 Å². The van der Waals surface area contributed by atoms with Gasteiger partial charge in [0.1, 0.15) is 36.0 Å². The predicted octanol–water partition coefficient (Wildman–Crippen LogP) is 8.83. The lowest BCUT2D eigenvalue weighted by Crippen LogP contribution is -2.63. The monoisotopic (exact) mass is 752 g/mol. The van der Waals surface area contributed by atoms with Gasteiger partial charge in [0.2, 0.25) is 0 Å². The van der Waals surface area contributed by atoms with E-state index >= 15 is 0 Å². The van der Waals surface area contributed by atoms with Gasteiger partial charge in [-0.2, -0.15) is 5.26 Å². The van der Waals surface area contributed by atoms with E-state index in [2.05, 4.69) is 45.5 Å². The van der Waals surface area contributed by atoms with Crippen molar-refractivity contribution in [1.82, 2.24) is 15.2 Å². The number of aliphatic hydroxyl groups is 1. The molecule has 3 aliphatic carbocycles. The highest BCUT2D eigenvalue weighted by molar-refractivity contribution is 6.35. The smallest absolute Gasteiger partial charge is 0.142 e. The molecule has 3 aromatic carbocycles. The van der Waals surface area contributed by atoms with E-state index in [1.165, 1.54) is 31.2 Å². The van der Waals surface area contributed by atoms with Crippen molar-refractivity contribution in [2.75, 3.05) is 26.2 Å². The van der Waals surface area contributed by atoms with E-state index in [1.54, 1.807) is 18.5 Å². The number of ether oxygens (including phenoxy) is 3. The molecule has 0 unspecified atom stereocenters. The van der Waals surface area contributed by atoms with Crippen LogP contribution in [0.25, 0.3) is 11.1 Å². The molecule has 1 aromatic heterocycles. The lowest BCUT2D eigenvalue weighted by atomic mass is 9.62. The topological polar surface area (TPSA) is 99.9 Å². The molecule has 53 heavy (non-hydrogen) atoms. The SMILES string of the molecule is N#Cc1cncc(COc2cc(O[C@H]3CCc4c(-c5cccc(OCCCN6CC7(CC(O)C7)C6)c5Cl)cccc43)c(Cl)cc2CNC2CCCC2)c1. The van der Waals surface area contributed by atoms with Crippen LogP contribution in [0.1, 0.15) is 85.3 Å². The third kappa shape index (κ3) is 8.01. The Labute approximate surface area is 322 Å². The molecule has 1 saturated heterocycles. The summed E-state index contributed by atoms with van der Waals surface area (Å²) < 4.78 is 19.3. The van der Waals surface area contributed by atoms with Gasteiger partial charge in [0, 0.05) is 72.8 Å². The van der Waals surface area contributed by atoms with Gasteiger partial charge in [0.05, 0.1) is 28.3 Å². The van der Waals surface area contributed by atoms with Crippen LogP contribution in [0.2, 0.25) is 10.0 Å². The fourth-order valence-electron chi connectivity index (χ4n) is 8.82. The maximum Gasteiger partial charge on any atom is 0.142 e. The number of rotatable bonds is 14. The van der Waals surface area contributed by atoms with Crippen molar-refractivity contribution in [3.63, 3.8) is 0 Å². The van der Waals surface area contributed by atoms with Crippen LogP contribution in [0.5, 0.6) is 17.2 Å². The number of aliphatic hydroxyl groups excluding tert-OH is 1. The van der Waals surface area contributed by atoms with Crippen LogP contribution in [0, 0.1) is 16.7 Å². The van der Waals surface area contributed by atoms with E-state index < -0.39 is 0 Å². The molecule has 8 nitrogen and oxygen atoms in total. The minimum atomic E-state index is -0.184. The minimum Gasteiger partial charge on any atom is -0.492 e. The molecule has 276 valence electrons. The van der Waals surface area contributed by atoms with Gasteiger partial charge >= 0.3 is 0 Å². The summed E-state index contributed by atoms with van der Waals surface area (Å²) in [7, 11) is 0.